The van der Waals surface area contributed by atoms with Gasteiger partial charge in [-0.25, -0.2) is 0 Å². The van der Waals surface area contributed by atoms with Gasteiger partial charge in [-0.05, 0) is 48.9 Å². The molecule has 1 aliphatic heterocycles. The molecule has 1 saturated heterocycles. The molecule has 2 atom stereocenters. The number of likely N-dealkylation sites (tertiary alicyclic amines) is 1. The van der Waals surface area contributed by atoms with Gasteiger partial charge in [0.15, 0.2) is 12.4 Å². The molecule has 1 aromatic heterocycles. The van der Waals surface area contributed by atoms with Crippen molar-refractivity contribution in [3.8, 4) is 11.1 Å². The lowest BCUT2D eigenvalue weighted by molar-refractivity contribution is -0.604. The summed E-state index contributed by atoms with van der Waals surface area (Å²) in [6.45, 7) is 2.91. The Kier molecular flexibility index (Phi) is 6.56. The van der Waals surface area contributed by atoms with Gasteiger partial charge in [-0.15, -0.1) is 0 Å². The Labute approximate surface area is 189 Å². The standard InChI is InChI=1S/C27H30N2O3/c1-21(22-10-12-23(13-11-22)24-7-5-16-28(32)20-24)29-17-15-27(14-6-18-30,19-26(29)31)25-8-3-2-4-9-25/h2-5,7-13,16,20-21,30H,6,14-15,17-19H2,1H3/t21-,27-/m0/s1. The molecule has 1 aliphatic rings. The van der Waals surface area contributed by atoms with Gasteiger partial charge in [-0.2, -0.15) is 4.73 Å². The predicted molar refractivity (Wildman–Crippen MR) is 125 cm³/mol. The van der Waals surface area contributed by atoms with Crippen molar-refractivity contribution in [2.75, 3.05) is 13.2 Å². The van der Waals surface area contributed by atoms with E-state index in [1.807, 2.05) is 53.4 Å². The molecule has 1 N–H and O–H groups in total. The molecule has 5 nitrogen and oxygen atoms in total. The summed E-state index contributed by atoms with van der Waals surface area (Å²) in [6, 6.07) is 22.0. The Morgan fingerprint density at radius 2 is 1.81 bits per heavy atom. The van der Waals surface area contributed by atoms with Crippen LogP contribution >= 0.6 is 0 Å². The van der Waals surface area contributed by atoms with Crippen molar-refractivity contribution in [3.05, 3.63) is 95.5 Å². The van der Waals surface area contributed by atoms with Crippen LogP contribution in [0, 0.1) is 5.21 Å². The van der Waals surface area contributed by atoms with Gasteiger partial charge in [0.2, 0.25) is 5.91 Å². The molecular weight excluding hydrogens is 400 g/mol. The largest absolute Gasteiger partial charge is 0.619 e. The van der Waals surface area contributed by atoms with E-state index in [9.17, 15) is 15.1 Å². The summed E-state index contributed by atoms with van der Waals surface area (Å²) in [4.78, 5) is 15.3. The second-order valence-electron chi connectivity index (χ2n) is 8.74. The molecule has 3 aromatic rings. The van der Waals surface area contributed by atoms with Crippen molar-refractivity contribution in [1.82, 2.24) is 4.90 Å². The minimum atomic E-state index is -0.206. The average molecular weight is 431 g/mol. The molecule has 1 fully saturated rings. The van der Waals surface area contributed by atoms with Crippen molar-refractivity contribution < 1.29 is 14.6 Å². The zero-order valence-electron chi connectivity index (χ0n) is 18.5. The third kappa shape index (κ3) is 4.53. The van der Waals surface area contributed by atoms with E-state index in [2.05, 4.69) is 19.1 Å². The van der Waals surface area contributed by atoms with E-state index in [0.717, 1.165) is 34.3 Å². The maximum Gasteiger partial charge on any atom is 0.223 e. The number of amides is 1. The number of carbonyl (C=O) groups is 1. The molecule has 1 amide bonds. The Hall–Kier alpha value is -3.18. The van der Waals surface area contributed by atoms with Gasteiger partial charge in [0.25, 0.3) is 0 Å². The first-order chi connectivity index (χ1) is 15.5. The van der Waals surface area contributed by atoms with Crippen LogP contribution in [0.15, 0.2) is 79.1 Å². The molecule has 0 saturated carbocycles. The van der Waals surface area contributed by atoms with E-state index in [4.69, 9.17) is 0 Å². The SMILES string of the molecule is C[C@@H](c1ccc(-c2ccc[n+]([O-])c2)cc1)N1CC[C@](CCCO)(c2ccccc2)CC1=O. The van der Waals surface area contributed by atoms with Crippen molar-refractivity contribution in [2.45, 2.75) is 44.1 Å². The summed E-state index contributed by atoms with van der Waals surface area (Å²) in [5, 5.41) is 21.0. The molecule has 0 spiro atoms. The lowest BCUT2D eigenvalue weighted by Gasteiger charge is -2.44. The van der Waals surface area contributed by atoms with Gasteiger partial charge < -0.3 is 15.2 Å². The zero-order chi connectivity index (χ0) is 22.6. The predicted octanol–water partition coefficient (Wildman–Crippen LogP) is 4.38. The van der Waals surface area contributed by atoms with Gasteiger partial charge in [-0.3, -0.25) is 4.79 Å². The number of rotatable bonds is 7. The second kappa shape index (κ2) is 9.53. The number of piperidine rings is 1. The quantitative estimate of drug-likeness (QED) is 0.447. The molecule has 0 bridgehead atoms. The van der Waals surface area contributed by atoms with Crippen LogP contribution in [0.4, 0.5) is 0 Å². The van der Waals surface area contributed by atoms with Gasteiger partial charge in [0, 0.05) is 36.6 Å². The van der Waals surface area contributed by atoms with Crippen molar-refractivity contribution in [3.63, 3.8) is 0 Å². The summed E-state index contributed by atoms with van der Waals surface area (Å²) in [6.07, 6.45) is 5.89. The molecule has 2 aromatic carbocycles. The first kappa shape index (κ1) is 22.0. The number of aromatic nitrogens is 1. The molecular formula is C27H30N2O3. The highest BCUT2D eigenvalue weighted by Gasteiger charge is 2.41. The normalized spacial score (nSPS) is 19.7. The smallest absolute Gasteiger partial charge is 0.223 e. The van der Waals surface area contributed by atoms with Crippen LogP contribution < -0.4 is 4.73 Å². The molecule has 0 radical (unpaired) electrons. The maximum absolute atomic E-state index is 13.3. The topological polar surface area (TPSA) is 67.5 Å². The van der Waals surface area contributed by atoms with Crippen molar-refractivity contribution in [1.29, 1.82) is 0 Å². The number of pyridine rings is 1. The van der Waals surface area contributed by atoms with Crippen LogP contribution in [0.1, 0.15) is 49.8 Å². The fourth-order valence-electron chi connectivity index (χ4n) is 4.92. The number of carbonyl (C=O) groups excluding carboxylic acids is 1. The molecule has 4 rings (SSSR count). The summed E-state index contributed by atoms with van der Waals surface area (Å²) in [5.41, 5.74) is 3.91. The van der Waals surface area contributed by atoms with E-state index in [1.165, 1.54) is 11.8 Å². The van der Waals surface area contributed by atoms with Crippen LogP contribution in [-0.2, 0) is 10.2 Å². The fourth-order valence-corrected chi connectivity index (χ4v) is 4.92. The minimum absolute atomic E-state index is 0.0246. The summed E-state index contributed by atoms with van der Waals surface area (Å²) < 4.78 is 0.800. The van der Waals surface area contributed by atoms with Gasteiger partial charge >= 0.3 is 0 Å². The van der Waals surface area contributed by atoms with E-state index in [0.29, 0.717) is 19.4 Å². The van der Waals surface area contributed by atoms with Crippen molar-refractivity contribution in [2.24, 2.45) is 0 Å². The van der Waals surface area contributed by atoms with E-state index in [1.54, 1.807) is 12.3 Å². The minimum Gasteiger partial charge on any atom is -0.619 e. The number of nitrogens with zero attached hydrogens (tertiary/aromatic N) is 2. The first-order valence-electron chi connectivity index (χ1n) is 11.3. The molecule has 2 heterocycles. The third-order valence-electron chi connectivity index (χ3n) is 6.81. The molecule has 0 unspecified atom stereocenters. The number of benzene rings is 2. The molecule has 5 heteroatoms. The van der Waals surface area contributed by atoms with Gasteiger partial charge in [0.05, 0.1) is 6.04 Å². The monoisotopic (exact) mass is 430 g/mol. The lowest BCUT2D eigenvalue weighted by Crippen LogP contribution is -2.47. The maximum atomic E-state index is 13.3. The Morgan fingerprint density at radius 1 is 1.06 bits per heavy atom. The van der Waals surface area contributed by atoms with Crippen LogP contribution in [0.5, 0.6) is 0 Å². The highest BCUT2D eigenvalue weighted by atomic mass is 16.5. The second-order valence-corrected chi connectivity index (χ2v) is 8.74. The third-order valence-corrected chi connectivity index (χ3v) is 6.81. The Bertz CT molecular complexity index is 1050. The molecule has 32 heavy (non-hydrogen) atoms. The van der Waals surface area contributed by atoms with Crippen LogP contribution in [0.3, 0.4) is 0 Å². The van der Waals surface area contributed by atoms with Gasteiger partial charge in [-0.1, -0.05) is 54.6 Å². The number of hydrogen-bond acceptors (Lipinski definition) is 3. The molecule has 166 valence electrons. The lowest BCUT2D eigenvalue weighted by atomic mass is 9.69. The summed E-state index contributed by atoms with van der Waals surface area (Å²) in [5.74, 6) is 0.157. The van der Waals surface area contributed by atoms with Crippen LogP contribution in [0.2, 0.25) is 0 Å². The fraction of sp³-hybridized carbons (Fsp3) is 0.333. The Balaban J connectivity index is 1.51. The summed E-state index contributed by atoms with van der Waals surface area (Å²) >= 11 is 0. The van der Waals surface area contributed by atoms with Crippen LogP contribution in [0.25, 0.3) is 11.1 Å². The number of hydrogen-bond donors (Lipinski definition) is 1. The van der Waals surface area contributed by atoms with E-state index >= 15 is 0 Å². The zero-order valence-corrected chi connectivity index (χ0v) is 18.5. The molecule has 0 aliphatic carbocycles. The first-order valence-corrected chi connectivity index (χ1v) is 11.3. The van der Waals surface area contributed by atoms with Crippen LogP contribution in [-0.4, -0.2) is 29.1 Å². The number of aliphatic hydroxyl groups is 1. The summed E-state index contributed by atoms with van der Waals surface area (Å²) in [7, 11) is 0. The van der Waals surface area contributed by atoms with E-state index < -0.39 is 0 Å². The Morgan fingerprint density at radius 3 is 2.47 bits per heavy atom. The highest BCUT2D eigenvalue weighted by molar-refractivity contribution is 5.79. The number of aliphatic hydroxyl groups excluding tert-OH is 1. The van der Waals surface area contributed by atoms with Gasteiger partial charge in [0.1, 0.15) is 0 Å². The van der Waals surface area contributed by atoms with Crippen molar-refractivity contribution >= 4 is 5.91 Å². The van der Waals surface area contributed by atoms with E-state index in [-0.39, 0.29) is 24.0 Å². The highest BCUT2D eigenvalue weighted by Crippen LogP contribution is 2.42. The average Bonchev–Trinajstić information content (AvgIpc) is 2.83.